The molecule has 5 heteroatoms. The van der Waals surface area contributed by atoms with Crippen molar-refractivity contribution in [1.82, 2.24) is 9.97 Å². The van der Waals surface area contributed by atoms with Crippen molar-refractivity contribution in [3.05, 3.63) is 35.2 Å². The number of nitrogens with zero attached hydrogens (tertiary/aromatic N) is 2. The van der Waals surface area contributed by atoms with E-state index in [0.29, 0.717) is 11.0 Å². The number of hydrogen-bond acceptors (Lipinski definition) is 2. The van der Waals surface area contributed by atoms with Gasteiger partial charge >= 0.3 is 6.18 Å². The van der Waals surface area contributed by atoms with Gasteiger partial charge in [0.15, 0.2) is 5.69 Å². The summed E-state index contributed by atoms with van der Waals surface area (Å²) in [5.41, 5.74) is 0.0231. The molecule has 0 aliphatic carbocycles. The number of rotatable bonds is 2. The lowest BCUT2D eigenvalue weighted by Crippen LogP contribution is -2.23. The third-order valence-corrected chi connectivity index (χ3v) is 4.31. The van der Waals surface area contributed by atoms with Gasteiger partial charge in [0, 0.05) is 5.41 Å². The summed E-state index contributed by atoms with van der Waals surface area (Å²) in [7, 11) is 0. The first-order valence-electron chi connectivity index (χ1n) is 7.76. The normalized spacial score (nSPS) is 13.6. The van der Waals surface area contributed by atoms with Crippen LogP contribution in [0.3, 0.4) is 0 Å². The minimum atomic E-state index is -4.51. The van der Waals surface area contributed by atoms with Crippen LogP contribution >= 0.6 is 0 Å². The number of halogens is 3. The van der Waals surface area contributed by atoms with Gasteiger partial charge < -0.3 is 0 Å². The van der Waals surface area contributed by atoms with E-state index in [1.807, 2.05) is 6.07 Å². The SMILES string of the molecule is CCC(C)(C)c1ccc2nc(C(C)(C)C)c(C(F)(F)F)nc2c1. The highest BCUT2D eigenvalue weighted by Crippen LogP contribution is 2.37. The van der Waals surface area contributed by atoms with Crippen LogP contribution in [0.25, 0.3) is 11.0 Å². The minimum absolute atomic E-state index is 0.0139. The fraction of sp³-hybridized carbons (Fsp3) is 0.556. The van der Waals surface area contributed by atoms with Crippen molar-refractivity contribution in [3.63, 3.8) is 0 Å². The van der Waals surface area contributed by atoms with E-state index in [1.54, 1.807) is 32.9 Å². The zero-order valence-corrected chi connectivity index (χ0v) is 14.5. The van der Waals surface area contributed by atoms with Gasteiger partial charge in [0.1, 0.15) is 0 Å². The first kappa shape index (κ1) is 17.7. The Bertz CT molecular complexity index is 725. The van der Waals surface area contributed by atoms with Gasteiger partial charge in [0.05, 0.1) is 16.7 Å². The maximum Gasteiger partial charge on any atom is 0.435 e. The summed E-state index contributed by atoms with van der Waals surface area (Å²) < 4.78 is 40.2. The molecule has 126 valence electrons. The van der Waals surface area contributed by atoms with Crippen molar-refractivity contribution in [1.29, 1.82) is 0 Å². The Hall–Kier alpha value is -1.65. The van der Waals surface area contributed by atoms with Gasteiger partial charge in [-0.2, -0.15) is 13.2 Å². The first-order chi connectivity index (χ1) is 10.4. The highest BCUT2D eigenvalue weighted by atomic mass is 19.4. The van der Waals surface area contributed by atoms with Gasteiger partial charge in [-0.3, -0.25) is 0 Å². The molecule has 2 aromatic rings. The molecule has 0 unspecified atom stereocenters. The monoisotopic (exact) mass is 324 g/mol. The lowest BCUT2D eigenvalue weighted by Gasteiger charge is -2.25. The number of fused-ring (bicyclic) bond motifs is 1. The Kier molecular flexibility index (Phi) is 4.20. The van der Waals surface area contributed by atoms with Crippen LogP contribution in [0.1, 0.15) is 64.9 Å². The highest BCUT2D eigenvalue weighted by molar-refractivity contribution is 5.76. The maximum atomic E-state index is 13.4. The molecular formula is C18H23F3N2. The van der Waals surface area contributed by atoms with Crippen molar-refractivity contribution >= 4 is 11.0 Å². The number of hydrogen-bond donors (Lipinski definition) is 0. The molecule has 0 spiro atoms. The van der Waals surface area contributed by atoms with E-state index in [9.17, 15) is 13.2 Å². The average molecular weight is 324 g/mol. The van der Waals surface area contributed by atoms with Crippen molar-refractivity contribution in [2.45, 2.75) is 65.0 Å². The Morgan fingerprint density at radius 3 is 1.91 bits per heavy atom. The lowest BCUT2D eigenvalue weighted by molar-refractivity contribution is -0.142. The molecule has 0 radical (unpaired) electrons. The van der Waals surface area contributed by atoms with Gasteiger partial charge in [-0.1, -0.05) is 47.6 Å². The smallest absolute Gasteiger partial charge is 0.248 e. The van der Waals surface area contributed by atoms with E-state index in [2.05, 4.69) is 30.7 Å². The van der Waals surface area contributed by atoms with Gasteiger partial charge in [-0.25, -0.2) is 9.97 Å². The predicted octanol–water partition coefficient (Wildman–Crippen LogP) is 5.63. The standard InChI is InChI=1S/C18H23F3N2/c1-7-17(5,6)11-8-9-12-13(10-11)23-15(18(19,20)21)14(22-12)16(2,3)4/h8-10H,7H2,1-6H3. The van der Waals surface area contributed by atoms with Crippen LogP contribution < -0.4 is 0 Å². The molecule has 2 nitrogen and oxygen atoms in total. The van der Waals surface area contributed by atoms with Crippen LogP contribution in [0.2, 0.25) is 0 Å². The van der Waals surface area contributed by atoms with Gasteiger partial charge in [0.25, 0.3) is 0 Å². The fourth-order valence-electron chi connectivity index (χ4n) is 2.40. The Morgan fingerprint density at radius 2 is 1.43 bits per heavy atom. The van der Waals surface area contributed by atoms with Crippen LogP contribution in [0.15, 0.2) is 18.2 Å². The molecule has 0 aliphatic rings. The van der Waals surface area contributed by atoms with E-state index in [4.69, 9.17) is 0 Å². The molecule has 0 atom stereocenters. The number of aromatic nitrogens is 2. The second-order valence-electron chi connectivity index (χ2n) is 7.61. The summed E-state index contributed by atoms with van der Waals surface area (Å²) in [5.74, 6) is 0. The molecule has 0 saturated carbocycles. The van der Waals surface area contributed by atoms with Crippen molar-refractivity contribution in [2.24, 2.45) is 0 Å². The maximum absolute atomic E-state index is 13.4. The van der Waals surface area contributed by atoms with Gasteiger partial charge in [-0.15, -0.1) is 0 Å². The average Bonchev–Trinajstić information content (AvgIpc) is 2.43. The summed E-state index contributed by atoms with van der Waals surface area (Å²) in [6.45, 7) is 11.3. The van der Waals surface area contributed by atoms with E-state index < -0.39 is 17.3 Å². The third-order valence-electron chi connectivity index (χ3n) is 4.31. The molecule has 0 N–H and O–H groups in total. The molecule has 0 saturated heterocycles. The Labute approximate surface area is 135 Å². The fourth-order valence-corrected chi connectivity index (χ4v) is 2.40. The predicted molar refractivity (Wildman–Crippen MR) is 86.6 cm³/mol. The molecule has 0 bridgehead atoms. The summed E-state index contributed by atoms with van der Waals surface area (Å²) in [6, 6.07) is 5.43. The second kappa shape index (κ2) is 5.46. The summed E-state index contributed by atoms with van der Waals surface area (Å²) >= 11 is 0. The van der Waals surface area contributed by atoms with Crippen molar-refractivity contribution < 1.29 is 13.2 Å². The van der Waals surface area contributed by atoms with E-state index in [0.717, 1.165) is 12.0 Å². The van der Waals surface area contributed by atoms with Crippen molar-refractivity contribution in [3.8, 4) is 0 Å². The molecule has 0 amide bonds. The Balaban J connectivity index is 2.76. The summed E-state index contributed by atoms with van der Waals surface area (Å²) in [6.07, 6.45) is -3.63. The van der Waals surface area contributed by atoms with Gasteiger partial charge in [0.2, 0.25) is 0 Å². The second-order valence-corrected chi connectivity index (χ2v) is 7.61. The van der Waals surface area contributed by atoms with E-state index >= 15 is 0 Å². The quantitative estimate of drug-likeness (QED) is 0.715. The van der Waals surface area contributed by atoms with Crippen LogP contribution in [-0.4, -0.2) is 9.97 Å². The number of alkyl halides is 3. The molecule has 0 fully saturated rings. The van der Waals surface area contributed by atoms with Gasteiger partial charge in [-0.05, 0) is 29.5 Å². The van der Waals surface area contributed by atoms with Crippen molar-refractivity contribution in [2.75, 3.05) is 0 Å². The topological polar surface area (TPSA) is 25.8 Å². The Morgan fingerprint density at radius 1 is 0.870 bits per heavy atom. The molecular weight excluding hydrogens is 301 g/mol. The summed E-state index contributed by atoms with van der Waals surface area (Å²) in [4.78, 5) is 8.21. The first-order valence-corrected chi connectivity index (χ1v) is 7.76. The van der Waals surface area contributed by atoms with Crippen LogP contribution in [-0.2, 0) is 17.0 Å². The molecule has 2 rings (SSSR count). The third kappa shape index (κ3) is 3.48. The zero-order valence-electron chi connectivity index (χ0n) is 14.5. The molecule has 1 aromatic heterocycles. The van der Waals surface area contributed by atoms with E-state index in [-0.39, 0.29) is 11.1 Å². The molecule has 1 heterocycles. The lowest BCUT2D eigenvalue weighted by atomic mass is 9.82. The van der Waals surface area contributed by atoms with Crippen LogP contribution in [0.4, 0.5) is 13.2 Å². The minimum Gasteiger partial charge on any atom is -0.248 e. The largest absolute Gasteiger partial charge is 0.435 e. The molecule has 1 aromatic carbocycles. The van der Waals surface area contributed by atoms with Crippen LogP contribution in [0.5, 0.6) is 0 Å². The van der Waals surface area contributed by atoms with Crippen LogP contribution in [0, 0.1) is 0 Å². The highest BCUT2D eigenvalue weighted by Gasteiger charge is 2.40. The number of benzene rings is 1. The summed E-state index contributed by atoms with van der Waals surface area (Å²) in [5, 5.41) is 0. The molecule has 0 aliphatic heterocycles. The molecule has 23 heavy (non-hydrogen) atoms. The van der Waals surface area contributed by atoms with E-state index in [1.165, 1.54) is 0 Å². The zero-order chi connectivity index (χ0) is 17.6.